The smallest absolute Gasteiger partial charge is 0.263 e. The van der Waals surface area contributed by atoms with Crippen LogP contribution in [-0.4, -0.2) is 8.94 Å². The second kappa shape index (κ2) is 3.63. The van der Waals surface area contributed by atoms with Gasteiger partial charge in [-0.05, 0) is 5.56 Å². The molecule has 0 bridgehead atoms. The summed E-state index contributed by atoms with van der Waals surface area (Å²) in [6, 6.07) is 9.53. The molecule has 1 N–H and O–H groups in total. The first kappa shape index (κ1) is 8.96. The number of H-pyrrole nitrogens is 1. The van der Waals surface area contributed by atoms with E-state index in [4.69, 9.17) is 0 Å². The fourth-order valence-corrected chi connectivity index (χ4v) is 1.84. The van der Waals surface area contributed by atoms with Crippen molar-refractivity contribution in [2.45, 2.75) is 6.54 Å². The number of aromatic amines is 1. The molecule has 2 rings (SSSR count). The van der Waals surface area contributed by atoms with Crippen molar-refractivity contribution >= 4 is 11.5 Å². The lowest BCUT2D eigenvalue weighted by Crippen LogP contribution is -2.16. The Morgan fingerprint density at radius 3 is 2.50 bits per heavy atom. The van der Waals surface area contributed by atoms with Crippen LogP contribution in [0.4, 0.5) is 0 Å². The summed E-state index contributed by atoms with van der Waals surface area (Å²) in [5.41, 5.74) is 0.661. The van der Waals surface area contributed by atoms with Gasteiger partial charge in [0, 0.05) is 11.5 Å². The molecule has 0 fully saturated rings. The van der Waals surface area contributed by atoms with Crippen LogP contribution in [0.2, 0.25) is 0 Å². The molecule has 0 saturated carbocycles. The largest absolute Gasteiger partial charge is 0.338 e. The first-order valence-electron chi connectivity index (χ1n) is 4.10. The molecule has 5 heteroatoms. The number of hydrogen-bond donors (Lipinski definition) is 1. The maximum absolute atomic E-state index is 11.2. The molecule has 0 atom stereocenters. The molecule has 4 nitrogen and oxygen atoms in total. The fraction of sp³-hybridized carbons (Fsp3) is 0.111. The first-order chi connectivity index (χ1) is 6.75. The molecule has 0 unspecified atom stereocenters. The Morgan fingerprint density at radius 2 is 1.93 bits per heavy atom. The van der Waals surface area contributed by atoms with Crippen LogP contribution in [0.1, 0.15) is 5.56 Å². The average Bonchev–Trinajstić information content (AvgIpc) is 2.47. The number of nitrogens with zero attached hydrogens (tertiary/aromatic N) is 1. The SMILES string of the molecule is O=c1[nH]c(=O)n(Cc2ccccc2)s1. The Hall–Kier alpha value is -1.62. The third-order valence-electron chi connectivity index (χ3n) is 1.80. The Labute approximate surface area is 83.6 Å². The van der Waals surface area contributed by atoms with Crippen molar-refractivity contribution < 1.29 is 0 Å². The summed E-state index contributed by atoms with van der Waals surface area (Å²) in [5, 5.41) is 0. The van der Waals surface area contributed by atoms with Gasteiger partial charge < -0.3 is 0 Å². The summed E-state index contributed by atoms with van der Waals surface area (Å²) >= 11 is 0.902. The van der Waals surface area contributed by atoms with Crippen molar-refractivity contribution in [1.82, 2.24) is 8.94 Å². The minimum absolute atomic E-state index is 0.314. The van der Waals surface area contributed by atoms with Crippen LogP contribution in [0.5, 0.6) is 0 Å². The Kier molecular flexibility index (Phi) is 2.32. The monoisotopic (exact) mass is 208 g/mol. The summed E-state index contributed by atoms with van der Waals surface area (Å²) in [7, 11) is 0. The van der Waals surface area contributed by atoms with Gasteiger partial charge >= 0.3 is 10.6 Å². The molecular formula is C9H8N2O2S. The van der Waals surface area contributed by atoms with Gasteiger partial charge in [-0.25, -0.2) is 8.75 Å². The van der Waals surface area contributed by atoms with Crippen LogP contribution >= 0.6 is 11.5 Å². The highest BCUT2D eigenvalue weighted by molar-refractivity contribution is 7.03. The van der Waals surface area contributed by atoms with Crippen LogP contribution in [0.15, 0.2) is 39.9 Å². The standard InChI is InChI=1S/C9H8N2O2S/c12-8-10-9(13)14-11(8)6-7-4-2-1-3-5-7/h1-5H,6H2,(H,10,12,13). The molecule has 0 aliphatic carbocycles. The van der Waals surface area contributed by atoms with E-state index in [1.54, 1.807) is 0 Å². The van der Waals surface area contributed by atoms with E-state index in [0.717, 1.165) is 17.1 Å². The molecule has 0 aliphatic rings. The van der Waals surface area contributed by atoms with Gasteiger partial charge in [0.2, 0.25) is 0 Å². The van der Waals surface area contributed by atoms with Gasteiger partial charge in [0.15, 0.2) is 0 Å². The van der Waals surface area contributed by atoms with E-state index in [2.05, 4.69) is 4.98 Å². The molecule has 1 aromatic heterocycles. The highest BCUT2D eigenvalue weighted by Crippen LogP contribution is 2.00. The topological polar surface area (TPSA) is 54.9 Å². The zero-order valence-electron chi connectivity index (χ0n) is 7.27. The summed E-state index contributed by atoms with van der Waals surface area (Å²) in [6.07, 6.45) is 0. The second-order valence-electron chi connectivity index (χ2n) is 2.83. The highest BCUT2D eigenvalue weighted by atomic mass is 32.1. The predicted molar refractivity (Wildman–Crippen MR) is 54.7 cm³/mol. The normalized spacial score (nSPS) is 10.3. The lowest BCUT2D eigenvalue weighted by Gasteiger charge is -1.98. The van der Waals surface area contributed by atoms with E-state index in [9.17, 15) is 9.59 Å². The van der Waals surface area contributed by atoms with E-state index in [0.29, 0.717) is 6.54 Å². The van der Waals surface area contributed by atoms with Gasteiger partial charge in [-0.15, -0.1) is 0 Å². The molecule has 0 saturated heterocycles. The van der Waals surface area contributed by atoms with E-state index < -0.39 is 0 Å². The Balaban J connectivity index is 2.32. The summed E-state index contributed by atoms with van der Waals surface area (Å²) in [5.74, 6) is 0. The van der Waals surface area contributed by atoms with Crippen molar-refractivity contribution in [2.75, 3.05) is 0 Å². The van der Waals surface area contributed by atoms with Crippen LogP contribution in [-0.2, 0) is 6.54 Å². The molecule has 1 heterocycles. The molecule has 2 aromatic rings. The van der Waals surface area contributed by atoms with E-state index in [1.807, 2.05) is 30.3 Å². The minimum atomic E-state index is -0.344. The van der Waals surface area contributed by atoms with Crippen LogP contribution < -0.4 is 10.6 Å². The van der Waals surface area contributed by atoms with E-state index >= 15 is 0 Å². The average molecular weight is 208 g/mol. The van der Waals surface area contributed by atoms with Gasteiger partial charge in [0.05, 0.1) is 6.54 Å². The van der Waals surface area contributed by atoms with Crippen LogP contribution in [0, 0.1) is 0 Å². The molecule has 72 valence electrons. The van der Waals surface area contributed by atoms with Crippen molar-refractivity contribution in [3.05, 3.63) is 56.0 Å². The number of nitrogens with one attached hydrogen (secondary N) is 1. The first-order valence-corrected chi connectivity index (χ1v) is 4.87. The molecular weight excluding hydrogens is 200 g/mol. The number of rotatable bonds is 2. The van der Waals surface area contributed by atoms with E-state index in [-0.39, 0.29) is 10.6 Å². The van der Waals surface area contributed by atoms with Crippen LogP contribution in [0.25, 0.3) is 0 Å². The van der Waals surface area contributed by atoms with Gasteiger partial charge in [-0.3, -0.25) is 9.78 Å². The van der Waals surface area contributed by atoms with Crippen molar-refractivity contribution in [1.29, 1.82) is 0 Å². The quantitative estimate of drug-likeness (QED) is 0.787. The van der Waals surface area contributed by atoms with E-state index in [1.165, 1.54) is 3.96 Å². The van der Waals surface area contributed by atoms with Gasteiger partial charge in [-0.2, -0.15) is 0 Å². The third-order valence-corrected chi connectivity index (χ3v) is 2.58. The molecule has 14 heavy (non-hydrogen) atoms. The van der Waals surface area contributed by atoms with Gasteiger partial charge in [-0.1, -0.05) is 30.3 Å². The summed E-state index contributed by atoms with van der Waals surface area (Å²) in [4.78, 5) is 23.9. The summed E-state index contributed by atoms with van der Waals surface area (Å²) in [6.45, 7) is 0.448. The van der Waals surface area contributed by atoms with Gasteiger partial charge in [0.25, 0.3) is 0 Å². The van der Waals surface area contributed by atoms with Crippen LogP contribution in [0.3, 0.4) is 0 Å². The molecule has 1 aromatic carbocycles. The Morgan fingerprint density at radius 1 is 1.21 bits per heavy atom. The maximum atomic E-state index is 11.2. The lowest BCUT2D eigenvalue weighted by molar-refractivity contribution is 0.822. The number of hydrogen-bond acceptors (Lipinski definition) is 3. The highest BCUT2D eigenvalue weighted by Gasteiger charge is 2.01. The molecule has 0 aliphatic heterocycles. The maximum Gasteiger partial charge on any atom is 0.338 e. The zero-order valence-corrected chi connectivity index (χ0v) is 8.08. The van der Waals surface area contributed by atoms with Crippen molar-refractivity contribution in [3.63, 3.8) is 0 Å². The number of aromatic nitrogens is 2. The summed E-state index contributed by atoms with van der Waals surface area (Å²) < 4.78 is 1.40. The minimum Gasteiger partial charge on any atom is -0.263 e. The van der Waals surface area contributed by atoms with Crippen molar-refractivity contribution in [3.8, 4) is 0 Å². The van der Waals surface area contributed by atoms with Gasteiger partial charge in [0.1, 0.15) is 0 Å². The molecule has 0 spiro atoms. The fourth-order valence-electron chi connectivity index (χ4n) is 1.17. The molecule has 0 radical (unpaired) electrons. The predicted octanol–water partition coefficient (Wildman–Crippen LogP) is 0.646. The second-order valence-corrected chi connectivity index (χ2v) is 3.83. The Bertz CT molecular complexity index is 523. The number of benzene rings is 1. The third kappa shape index (κ3) is 1.82. The molecule has 0 amide bonds. The lowest BCUT2D eigenvalue weighted by atomic mass is 10.2. The zero-order chi connectivity index (χ0) is 9.97. The van der Waals surface area contributed by atoms with Crippen molar-refractivity contribution in [2.24, 2.45) is 0 Å².